The zero-order valence-corrected chi connectivity index (χ0v) is 18.2. The number of likely N-dealkylation sites (tertiary alicyclic amines) is 1. The molecule has 0 radical (unpaired) electrons. The average molecular weight is 414 g/mol. The van der Waals surface area contributed by atoms with E-state index >= 15 is 0 Å². The minimum absolute atomic E-state index is 0.0336. The summed E-state index contributed by atoms with van der Waals surface area (Å²) < 4.78 is 7.38. The van der Waals surface area contributed by atoms with E-state index in [1.54, 1.807) is 4.90 Å². The maximum Gasteiger partial charge on any atom is 0.410 e. The fraction of sp³-hybridized carbons (Fsp3) is 0.545. The Morgan fingerprint density at radius 1 is 1.20 bits per heavy atom. The van der Waals surface area contributed by atoms with Crippen LogP contribution in [0.3, 0.4) is 0 Å². The molecule has 2 amide bonds. The van der Waals surface area contributed by atoms with Crippen molar-refractivity contribution in [3.63, 3.8) is 0 Å². The maximum atomic E-state index is 12.6. The smallest absolute Gasteiger partial charge is 0.410 e. The van der Waals surface area contributed by atoms with Gasteiger partial charge in [-0.1, -0.05) is 30.3 Å². The van der Waals surface area contributed by atoms with Gasteiger partial charge in [0.25, 0.3) is 0 Å². The summed E-state index contributed by atoms with van der Waals surface area (Å²) in [5.74, 6) is 1.37. The van der Waals surface area contributed by atoms with Gasteiger partial charge in [0.2, 0.25) is 5.91 Å². The molecular weight excluding hydrogens is 382 g/mol. The van der Waals surface area contributed by atoms with Gasteiger partial charge in [-0.05, 0) is 33.6 Å². The van der Waals surface area contributed by atoms with E-state index in [-0.39, 0.29) is 17.9 Å². The number of benzene rings is 1. The number of hydrogen-bond donors (Lipinski definition) is 1. The molecular formula is C22H31N5O3. The molecule has 2 aromatic rings. The van der Waals surface area contributed by atoms with Crippen LogP contribution >= 0.6 is 0 Å². The molecule has 1 atom stereocenters. The number of piperidine rings is 1. The van der Waals surface area contributed by atoms with Gasteiger partial charge in [-0.25, -0.2) is 4.79 Å². The molecule has 1 unspecified atom stereocenters. The summed E-state index contributed by atoms with van der Waals surface area (Å²) in [6.45, 7) is 7.02. The van der Waals surface area contributed by atoms with Gasteiger partial charge in [-0.3, -0.25) is 4.79 Å². The molecule has 0 aliphatic carbocycles. The molecule has 1 aliphatic heterocycles. The van der Waals surface area contributed by atoms with E-state index < -0.39 is 5.60 Å². The van der Waals surface area contributed by atoms with Crippen LogP contribution in [-0.2, 0) is 23.0 Å². The fourth-order valence-corrected chi connectivity index (χ4v) is 3.54. The Balaban J connectivity index is 1.50. The van der Waals surface area contributed by atoms with Gasteiger partial charge in [0.05, 0.1) is 5.92 Å². The van der Waals surface area contributed by atoms with Gasteiger partial charge in [0.1, 0.15) is 11.4 Å². The van der Waals surface area contributed by atoms with Crippen molar-refractivity contribution in [2.45, 2.75) is 45.6 Å². The normalized spacial score (nSPS) is 16.9. The lowest BCUT2D eigenvalue weighted by Crippen LogP contribution is -2.47. The summed E-state index contributed by atoms with van der Waals surface area (Å²) in [7, 11) is 1.93. The zero-order chi connectivity index (χ0) is 21.7. The van der Waals surface area contributed by atoms with Crippen LogP contribution in [0.2, 0.25) is 0 Å². The second-order valence-corrected chi connectivity index (χ2v) is 8.67. The van der Waals surface area contributed by atoms with Crippen molar-refractivity contribution in [3.05, 3.63) is 36.2 Å². The van der Waals surface area contributed by atoms with Crippen LogP contribution in [0.15, 0.2) is 30.3 Å². The first-order valence-electron chi connectivity index (χ1n) is 10.4. The standard InChI is InChI=1S/C22H31N5O3/c1-22(2,3)30-21(29)27-14-8-11-17(15-27)20(28)23-13-12-18-24-25-19(26(18)4)16-9-6-5-7-10-16/h5-7,9-10,17H,8,11-15H2,1-4H3,(H,23,28). The Morgan fingerprint density at radius 2 is 1.93 bits per heavy atom. The van der Waals surface area contributed by atoms with Crippen molar-refractivity contribution in [2.24, 2.45) is 13.0 Å². The molecule has 162 valence electrons. The first-order valence-corrected chi connectivity index (χ1v) is 10.4. The van der Waals surface area contributed by atoms with Crippen LogP contribution in [0.4, 0.5) is 4.79 Å². The van der Waals surface area contributed by atoms with Gasteiger partial charge in [0.15, 0.2) is 5.82 Å². The van der Waals surface area contributed by atoms with E-state index in [4.69, 9.17) is 4.74 Å². The van der Waals surface area contributed by atoms with Crippen LogP contribution < -0.4 is 5.32 Å². The van der Waals surface area contributed by atoms with E-state index in [9.17, 15) is 9.59 Å². The Bertz CT molecular complexity index is 873. The predicted molar refractivity (Wildman–Crippen MR) is 114 cm³/mol. The number of carbonyl (C=O) groups is 2. The van der Waals surface area contributed by atoms with Gasteiger partial charge in [0, 0.05) is 38.7 Å². The summed E-state index contributed by atoms with van der Waals surface area (Å²) in [6.07, 6.45) is 1.80. The molecule has 8 nitrogen and oxygen atoms in total. The zero-order valence-electron chi connectivity index (χ0n) is 18.2. The quantitative estimate of drug-likeness (QED) is 0.814. The predicted octanol–water partition coefficient (Wildman–Crippen LogP) is 2.79. The highest BCUT2D eigenvalue weighted by Gasteiger charge is 2.30. The largest absolute Gasteiger partial charge is 0.444 e. The molecule has 0 bridgehead atoms. The lowest BCUT2D eigenvalue weighted by Gasteiger charge is -2.33. The molecule has 2 heterocycles. The third-order valence-corrected chi connectivity index (χ3v) is 5.09. The van der Waals surface area contributed by atoms with Crippen LogP contribution in [0.5, 0.6) is 0 Å². The summed E-state index contributed by atoms with van der Waals surface area (Å²) in [4.78, 5) is 26.5. The van der Waals surface area contributed by atoms with Gasteiger partial charge in [-0.15, -0.1) is 10.2 Å². The molecule has 3 rings (SSSR count). The minimum Gasteiger partial charge on any atom is -0.444 e. The molecule has 1 fully saturated rings. The van der Waals surface area contributed by atoms with Crippen molar-refractivity contribution >= 4 is 12.0 Å². The molecule has 0 saturated carbocycles. The van der Waals surface area contributed by atoms with Gasteiger partial charge >= 0.3 is 6.09 Å². The topological polar surface area (TPSA) is 89.4 Å². The van der Waals surface area contributed by atoms with Crippen molar-refractivity contribution in [2.75, 3.05) is 19.6 Å². The maximum absolute atomic E-state index is 12.6. The lowest BCUT2D eigenvalue weighted by molar-refractivity contribution is -0.126. The molecule has 1 saturated heterocycles. The van der Waals surface area contributed by atoms with E-state index in [0.717, 1.165) is 30.1 Å². The summed E-state index contributed by atoms with van der Waals surface area (Å²) in [6, 6.07) is 9.89. The van der Waals surface area contributed by atoms with Crippen molar-refractivity contribution < 1.29 is 14.3 Å². The highest BCUT2D eigenvalue weighted by atomic mass is 16.6. The fourth-order valence-electron chi connectivity index (χ4n) is 3.54. The number of carbonyl (C=O) groups excluding carboxylic acids is 2. The molecule has 1 aliphatic rings. The number of rotatable bonds is 5. The first kappa shape index (κ1) is 21.8. The number of amides is 2. The van der Waals surface area contributed by atoms with Crippen LogP contribution in [0, 0.1) is 5.92 Å². The summed E-state index contributed by atoms with van der Waals surface area (Å²) >= 11 is 0. The second kappa shape index (κ2) is 9.28. The highest BCUT2D eigenvalue weighted by Crippen LogP contribution is 2.20. The monoisotopic (exact) mass is 413 g/mol. The van der Waals surface area contributed by atoms with Crippen molar-refractivity contribution in [1.29, 1.82) is 0 Å². The lowest BCUT2D eigenvalue weighted by atomic mass is 9.97. The second-order valence-electron chi connectivity index (χ2n) is 8.67. The number of aromatic nitrogens is 3. The first-order chi connectivity index (χ1) is 14.2. The Labute approximate surface area is 177 Å². The number of nitrogens with one attached hydrogen (secondary N) is 1. The van der Waals surface area contributed by atoms with Crippen molar-refractivity contribution in [1.82, 2.24) is 25.0 Å². The average Bonchev–Trinajstić information content (AvgIpc) is 3.08. The Kier molecular flexibility index (Phi) is 6.74. The van der Waals surface area contributed by atoms with E-state index in [1.165, 1.54) is 0 Å². The van der Waals surface area contributed by atoms with Gasteiger partial charge in [-0.2, -0.15) is 0 Å². The highest BCUT2D eigenvalue weighted by molar-refractivity contribution is 5.80. The van der Waals surface area contributed by atoms with Crippen LogP contribution in [0.25, 0.3) is 11.4 Å². The Morgan fingerprint density at radius 3 is 2.63 bits per heavy atom. The van der Waals surface area contributed by atoms with Crippen molar-refractivity contribution in [3.8, 4) is 11.4 Å². The van der Waals surface area contributed by atoms with Crippen LogP contribution in [0.1, 0.15) is 39.4 Å². The number of ether oxygens (including phenoxy) is 1. The molecule has 0 spiro atoms. The molecule has 8 heteroatoms. The molecule has 1 aromatic heterocycles. The van der Waals surface area contributed by atoms with E-state index in [0.29, 0.717) is 26.1 Å². The third-order valence-electron chi connectivity index (χ3n) is 5.09. The van der Waals surface area contributed by atoms with E-state index in [1.807, 2.05) is 62.7 Å². The number of nitrogens with zero attached hydrogens (tertiary/aromatic N) is 4. The van der Waals surface area contributed by atoms with E-state index in [2.05, 4.69) is 15.5 Å². The summed E-state index contributed by atoms with van der Waals surface area (Å²) in [5.41, 5.74) is 0.466. The van der Waals surface area contributed by atoms with Crippen LogP contribution in [-0.4, -0.2) is 56.9 Å². The molecule has 1 N–H and O–H groups in total. The minimum atomic E-state index is -0.541. The summed E-state index contributed by atoms with van der Waals surface area (Å²) in [5, 5.41) is 11.5. The third kappa shape index (κ3) is 5.58. The Hall–Kier alpha value is -2.90. The number of hydrogen-bond acceptors (Lipinski definition) is 5. The SMILES string of the molecule is Cn1c(CCNC(=O)C2CCCN(C(=O)OC(C)(C)C)C2)nnc1-c1ccccc1. The molecule has 1 aromatic carbocycles. The molecule has 30 heavy (non-hydrogen) atoms. The van der Waals surface area contributed by atoms with Gasteiger partial charge < -0.3 is 19.5 Å².